The van der Waals surface area contributed by atoms with Crippen LogP contribution in [-0.2, 0) is 0 Å². The van der Waals surface area contributed by atoms with Crippen molar-refractivity contribution in [1.82, 2.24) is 0 Å². The molecule has 15 aromatic rings. The minimum absolute atomic E-state index is 0.804. The molecule has 0 N–H and O–H groups in total. The molecular formula is C66H40N2O2. The molecule has 4 nitrogen and oxygen atoms in total. The molecule has 13 aromatic carbocycles. The van der Waals surface area contributed by atoms with E-state index >= 15 is 0 Å². The predicted octanol–water partition coefficient (Wildman–Crippen LogP) is 19.3. The van der Waals surface area contributed by atoms with Crippen LogP contribution in [0.4, 0.5) is 34.1 Å². The van der Waals surface area contributed by atoms with Crippen LogP contribution in [0.15, 0.2) is 251 Å². The number of hydrogen-bond acceptors (Lipinski definition) is 4. The average Bonchev–Trinajstić information content (AvgIpc) is 3.94. The summed E-state index contributed by atoms with van der Waals surface area (Å²) in [4.78, 5) is 4.76. The molecule has 70 heavy (non-hydrogen) atoms. The van der Waals surface area contributed by atoms with E-state index in [1.807, 2.05) is 0 Å². The van der Waals surface area contributed by atoms with E-state index in [2.05, 4.69) is 252 Å². The third-order valence-corrected chi connectivity index (χ3v) is 14.5. The molecule has 0 fully saturated rings. The molecule has 0 aliphatic rings. The van der Waals surface area contributed by atoms with Gasteiger partial charge < -0.3 is 18.6 Å². The van der Waals surface area contributed by atoms with Gasteiger partial charge in [0.15, 0.2) is 0 Å². The van der Waals surface area contributed by atoms with Crippen LogP contribution >= 0.6 is 0 Å². The number of hydrogen-bond donors (Lipinski definition) is 0. The van der Waals surface area contributed by atoms with E-state index in [-0.39, 0.29) is 0 Å². The molecule has 0 bridgehead atoms. The Hall–Kier alpha value is -9.38. The minimum atomic E-state index is 0.804. The highest BCUT2D eigenvalue weighted by Crippen LogP contribution is 2.46. The molecule has 15 rings (SSSR count). The van der Waals surface area contributed by atoms with Crippen molar-refractivity contribution in [3.63, 3.8) is 0 Å². The van der Waals surface area contributed by atoms with Gasteiger partial charge in [-0.15, -0.1) is 0 Å². The van der Waals surface area contributed by atoms with E-state index in [9.17, 15) is 0 Å². The van der Waals surface area contributed by atoms with Gasteiger partial charge in [0.2, 0.25) is 0 Å². The molecule has 2 heterocycles. The summed E-state index contributed by atoms with van der Waals surface area (Å²) >= 11 is 0. The Balaban J connectivity index is 0.845. The summed E-state index contributed by atoms with van der Waals surface area (Å²) in [5, 5.41) is 18.6. The maximum absolute atomic E-state index is 6.72. The maximum Gasteiger partial charge on any atom is 0.139 e. The van der Waals surface area contributed by atoms with Crippen molar-refractivity contribution < 1.29 is 8.83 Å². The van der Waals surface area contributed by atoms with Crippen molar-refractivity contribution in [3.05, 3.63) is 243 Å². The smallest absolute Gasteiger partial charge is 0.139 e. The van der Waals surface area contributed by atoms with Crippen molar-refractivity contribution >= 4 is 143 Å². The highest BCUT2D eigenvalue weighted by atomic mass is 16.3. The van der Waals surface area contributed by atoms with Crippen LogP contribution in [0.3, 0.4) is 0 Å². The van der Waals surface area contributed by atoms with Crippen molar-refractivity contribution in [2.45, 2.75) is 0 Å². The van der Waals surface area contributed by atoms with Crippen LogP contribution in [0.1, 0.15) is 0 Å². The van der Waals surface area contributed by atoms with Gasteiger partial charge in [-0.2, -0.15) is 0 Å². The highest BCUT2D eigenvalue weighted by molar-refractivity contribution is 6.20. The molecule has 0 unspecified atom stereocenters. The Kier molecular flexibility index (Phi) is 8.33. The van der Waals surface area contributed by atoms with Gasteiger partial charge in [-0.05, 0) is 145 Å². The van der Waals surface area contributed by atoms with Crippen molar-refractivity contribution in [2.24, 2.45) is 0 Å². The molecular weight excluding hydrogens is 853 g/mol. The van der Waals surface area contributed by atoms with Crippen molar-refractivity contribution in [3.8, 4) is 0 Å². The molecule has 0 saturated heterocycles. The van der Waals surface area contributed by atoms with Gasteiger partial charge >= 0.3 is 0 Å². The monoisotopic (exact) mass is 892 g/mol. The number of para-hydroxylation sites is 2. The third-order valence-electron chi connectivity index (χ3n) is 14.5. The molecule has 0 amide bonds. The van der Waals surface area contributed by atoms with Gasteiger partial charge in [-0.1, -0.05) is 146 Å². The van der Waals surface area contributed by atoms with E-state index in [1.165, 1.54) is 43.1 Å². The van der Waals surface area contributed by atoms with Crippen LogP contribution in [0.2, 0.25) is 0 Å². The lowest BCUT2D eigenvalue weighted by Gasteiger charge is -2.27. The van der Waals surface area contributed by atoms with E-state index in [4.69, 9.17) is 8.83 Å². The first-order chi connectivity index (χ1) is 34.7. The van der Waals surface area contributed by atoms with Crippen LogP contribution in [0.5, 0.6) is 0 Å². The van der Waals surface area contributed by atoms with Crippen LogP contribution in [-0.4, -0.2) is 0 Å². The summed E-state index contributed by atoms with van der Waals surface area (Å²) < 4.78 is 13.4. The zero-order valence-electron chi connectivity index (χ0n) is 37.8. The molecule has 0 aliphatic carbocycles. The molecule has 4 heteroatoms. The van der Waals surface area contributed by atoms with Crippen LogP contribution in [0, 0.1) is 0 Å². The first kappa shape index (κ1) is 38.7. The molecule has 0 saturated carbocycles. The summed E-state index contributed by atoms with van der Waals surface area (Å²) in [7, 11) is 0. The summed E-state index contributed by atoms with van der Waals surface area (Å²) in [6.07, 6.45) is 0. The average molecular weight is 893 g/mol. The largest absolute Gasteiger partial charge is 0.456 e. The number of benzene rings is 13. The van der Waals surface area contributed by atoms with E-state index in [1.54, 1.807) is 0 Å². The van der Waals surface area contributed by atoms with Crippen LogP contribution in [0.25, 0.3) is 109 Å². The van der Waals surface area contributed by atoms with Gasteiger partial charge in [0.25, 0.3) is 0 Å². The molecule has 326 valence electrons. The fourth-order valence-corrected chi connectivity index (χ4v) is 11.2. The number of anilines is 6. The van der Waals surface area contributed by atoms with Crippen LogP contribution < -0.4 is 9.80 Å². The maximum atomic E-state index is 6.72. The lowest BCUT2D eigenvalue weighted by Crippen LogP contribution is -2.10. The fourth-order valence-electron chi connectivity index (χ4n) is 11.2. The summed E-state index contributed by atoms with van der Waals surface area (Å²) in [6.45, 7) is 0. The summed E-state index contributed by atoms with van der Waals surface area (Å²) in [5.41, 5.74) is 9.92. The Morgan fingerprint density at radius 3 is 1.09 bits per heavy atom. The summed E-state index contributed by atoms with van der Waals surface area (Å²) in [6, 6.07) is 87.6. The van der Waals surface area contributed by atoms with E-state index < -0.39 is 0 Å². The second-order valence-electron chi connectivity index (χ2n) is 18.5. The SMILES string of the molecule is c1ccc(N(c2ccc3cc4c(cc3c2)oc2cc3oc5cc6cc(N(c7ccccc7)c7cccc8ccc9ccccc9c78)ccc6cc5c3cc24)c2cccc3ccc4ccccc4c23)cc1. The Morgan fingerprint density at radius 1 is 0.214 bits per heavy atom. The van der Waals surface area contributed by atoms with Crippen molar-refractivity contribution in [2.75, 3.05) is 9.80 Å². The Bertz CT molecular complexity index is 4320. The predicted molar refractivity (Wildman–Crippen MR) is 295 cm³/mol. The second kappa shape index (κ2) is 15.1. The standard InChI is InChI=1S/C66H40N2O2/c1-3-17-49(18-4-1)67(59-23-11-15-43-27-25-41-13-7-9-21-53(41)65(43)59)51-31-29-45-35-55-57-39-58-56-36-46-30-32-52(34-48(46)38-62(56)70-64(58)40-63(57)69-61(55)37-47(45)33-51)68(50-19-5-2-6-20-50)60-24-12-16-44-28-26-42-14-8-10-22-54(42)66(44)60/h1-40H. The van der Waals surface area contributed by atoms with E-state index in [0.29, 0.717) is 0 Å². The molecule has 0 spiro atoms. The van der Waals surface area contributed by atoms with Gasteiger partial charge in [0.05, 0.1) is 11.4 Å². The highest BCUT2D eigenvalue weighted by Gasteiger charge is 2.21. The van der Waals surface area contributed by atoms with Gasteiger partial charge in [0, 0.05) is 61.1 Å². The summed E-state index contributed by atoms with van der Waals surface area (Å²) in [5.74, 6) is 0. The molecule has 0 radical (unpaired) electrons. The normalized spacial score (nSPS) is 12.0. The van der Waals surface area contributed by atoms with Crippen molar-refractivity contribution in [1.29, 1.82) is 0 Å². The first-order valence-corrected chi connectivity index (χ1v) is 23.9. The third kappa shape index (κ3) is 5.97. The Morgan fingerprint density at radius 2 is 0.600 bits per heavy atom. The quantitative estimate of drug-likeness (QED) is 0.156. The Labute approximate surface area is 402 Å². The lowest BCUT2D eigenvalue weighted by atomic mass is 9.98. The van der Waals surface area contributed by atoms with Gasteiger partial charge in [-0.3, -0.25) is 0 Å². The minimum Gasteiger partial charge on any atom is -0.456 e. The molecule has 0 atom stereocenters. The zero-order valence-corrected chi connectivity index (χ0v) is 37.8. The number of rotatable bonds is 6. The number of furan rings is 2. The van der Waals surface area contributed by atoms with Gasteiger partial charge in [0.1, 0.15) is 22.3 Å². The first-order valence-electron chi connectivity index (χ1n) is 23.9. The second-order valence-corrected chi connectivity index (χ2v) is 18.5. The number of nitrogens with zero attached hydrogens (tertiary/aromatic N) is 2. The van der Waals surface area contributed by atoms with Gasteiger partial charge in [-0.25, -0.2) is 0 Å². The molecule has 2 aromatic heterocycles. The zero-order chi connectivity index (χ0) is 45.9. The topological polar surface area (TPSA) is 32.8 Å². The number of fused-ring (bicyclic) bond motifs is 14. The fraction of sp³-hybridized carbons (Fsp3) is 0. The lowest BCUT2D eigenvalue weighted by molar-refractivity contribution is 0.656. The molecule has 0 aliphatic heterocycles. The van der Waals surface area contributed by atoms with E-state index in [0.717, 1.165) is 99.5 Å².